The van der Waals surface area contributed by atoms with Crippen LogP contribution < -0.4 is 4.72 Å². The monoisotopic (exact) mass is 721 g/mol. The van der Waals surface area contributed by atoms with E-state index in [1.54, 1.807) is 91.0 Å². The largest absolute Gasteiger partial charge is 0.598 e. The van der Waals surface area contributed by atoms with Crippen LogP contribution in [0.1, 0.15) is 65.2 Å². The first kappa shape index (κ1) is 37.6. The second kappa shape index (κ2) is 17.0. The molecule has 0 radical (unpaired) electrons. The first-order chi connectivity index (χ1) is 24.0. The zero-order chi connectivity index (χ0) is 35.8. The molecule has 5 rings (SSSR count). The molecule has 1 fully saturated rings. The summed E-state index contributed by atoms with van der Waals surface area (Å²) in [6.07, 6.45) is -0.773. The summed E-state index contributed by atoms with van der Waals surface area (Å²) in [5.41, 5.74) is -0.280. The van der Waals surface area contributed by atoms with Crippen LogP contribution in [0.5, 0.6) is 0 Å². The highest BCUT2D eigenvalue weighted by Crippen LogP contribution is 2.40. The lowest BCUT2D eigenvalue weighted by atomic mass is 9.87. The van der Waals surface area contributed by atoms with Crippen molar-refractivity contribution in [3.63, 3.8) is 0 Å². The Morgan fingerprint density at radius 3 is 1.74 bits per heavy atom. The van der Waals surface area contributed by atoms with Crippen LogP contribution in [-0.2, 0) is 30.3 Å². The minimum absolute atomic E-state index is 0.218. The molecule has 50 heavy (non-hydrogen) atoms. The molecule has 2 aliphatic heterocycles. The van der Waals surface area contributed by atoms with Gasteiger partial charge in [-0.2, -0.15) is 0 Å². The highest BCUT2D eigenvalue weighted by atomic mass is 32.2. The van der Waals surface area contributed by atoms with Crippen LogP contribution in [0.2, 0.25) is 0 Å². The smallest absolute Gasteiger partial charge is 0.338 e. The van der Waals surface area contributed by atoms with Gasteiger partial charge in [-0.25, -0.2) is 14.4 Å². The Labute approximate surface area is 300 Å². The molecule has 0 saturated carbocycles. The van der Waals surface area contributed by atoms with Crippen molar-refractivity contribution in [1.29, 1.82) is 0 Å². The Morgan fingerprint density at radius 2 is 1.28 bits per heavy atom. The van der Waals surface area contributed by atoms with Crippen molar-refractivity contribution in [3.8, 4) is 0 Å². The molecule has 1 saturated heterocycles. The number of nitrogens with one attached hydrogen (secondary N) is 1. The van der Waals surface area contributed by atoms with Gasteiger partial charge < -0.3 is 28.6 Å². The number of esters is 3. The fourth-order valence-corrected chi connectivity index (χ4v) is 7.82. The molecule has 0 amide bonds. The SMILES string of the molecule is C[C@@H]1C=CC[C@@H](CO)S[C@H]2O[C@H]([C@@H]1N[S@+]([O-])C(C)(C)C)[C@H](OC(=O)c1ccccc1)[C@H](OC(=O)c1ccccc1)[C@H]2OC(=O)c1ccccc1. The Kier molecular flexibility index (Phi) is 12.8. The summed E-state index contributed by atoms with van der Waals surface area (Å²) in [5, 5.41) is 9.99. The van der Waals surface area contributed by atoms with E-state index in [1.165, 1.54) is 11.8 Å². The second-order valence-electron chi connectivity index (χ2n) is 13.2. The molecule has 2 bridgehead atoms. The maximum absolute atomic E-state index is 13.8. The fraction of sp³-hybridized carbons (Fsp3) is 0.395. The number of aliphatic hydroxyl groups is 1. The van der Waals surface area contributed by atoms with Crippen molar-refractivity contribution in [2.24, 2.45) is 5.92 Å². The molecule has 10 nitrogen and oxygen atoms in total. The van der Waals surface area contributed by atoms with Gasteiger partial charge in [-0.05, 0) is 69.5 Å². The van der Waals surface area contributed by atoms with Crippen LogP contribution in [0.25, 0.3) is 0 Å². The zero-order valence-corrected chi connectivity index (χ0v) is 30.0. The fourth-order valence-electron chi connectivity index (χ4n) is 5.63. The number of carbonyl (C=O) groups excluding carboxylic acids is 3. The number of ether oxygens (including phenoxy) is 4. The molecule has 2 heterocycles. The molecule has 0 aromatic heterocycles. The molecule has 0 aliphatic carbocycles. The minimum Gasteiger partial charge on any atom is -0.598 e. The highest BCUT2D eigenvalue weighted by Gasteiger charge is 2.56. The van der Waals surface area contributed by atoms with E-state index in [0.717, 1.165) is 0 Å². The summed E-state index contributed by atoms with van der Waals surface area (Å²) < 4.78 is 41.6. The van der Waals surface area contributed by atoms with Crippen LogP contribution >= 0.6 is 11.8 Å². The van der Waals surface area contributed by atoms with E-state index in [2.05, 4.69) is 4.72 Å². The van der Waals surface area contributed by atoms with Crippen LogP contribution in [0.3, 0.4) is 0 Å². The number of carbonyl (C=O) groups is 3. The third-order valence-corrected chi connectivity index (χ3v) is 11.3. The third-order valence-electron chi connectivity index (χ3n) is 8.38. The van der Waals surface area contributed by atoms with Crippen LogP contribution in [-0.4, -0.2) is 80.1 Å². The van der Waals surface area contributed by atoms with Crippen molar-refractivity contribution in [2.75, 3.05) is 6.61 Å². The number of hydrogen-bond acceptors (Lipinski definition) is 11. The Balaban J connectivity index is 1.66. The van der Waals surface area contributed by atoms with Gasteiger partial charge in [0.15, 0.2) is 18.3 Å². The van der Waals surface area contributed by atoms with E-state index >= 15 is 0 Å². The summed E-state index contributed by atoms with van der Waals surface area (Å²) in [5.74, 6) is -2.51. The summed E-state index contributed by atoms with van der Waals surface area (Å²) in [4.78, 5) is 41.3. The summed E-state index contributed by atoms with van der Waals surface area (Å²) in [6, 6.07) is 24.3. The number of rotatable bonds is 9. The molecule has 3 aromatic carbocycles. The Bertz CT molecular complexity index is 1600. The average molecular weight is 722 g/mol. The first-order valence-electron chi connectivity index (χ1n) is 16.5. The molecular formula is C38H43NO9S2. The van der Waals surface area contributed by atoms with Gasteiger partial charge in [-0.3, -0.25) is 0 Å². The normalized spacial score (nSPS) is 27.4. The number of fused-ring (bicyclic) bond motifs is 2. The number of aliphatic hydroxyl groups excluding tert-OH is 1. The van der Waals surface area contributed by atoms with Crippen molar-refractivity contribution in [3.05, 3.63) is 120 Å². The highest BCUT2D eigenvalue weighted by molar-refractivity contribution is 8.00. The van der Waals surface area contributed by atoms with E-state index in [9.17, 15) is 24.0 Å². The Hall–Kier alpha value is -3.65. The topological polar surface area (TPSA) is 143 Å². The van der Waals surface area contributed by atoms with Gasteiger partial charge in [0.2, 0.25) is 0 Å². The quantitative estimate of drug-likeness (QED) is 0.125. The minimum atomic E-state index is -1.60. The molecule has 2 aliphatic rings. The van der Waals surface area contributed by atoms with Gasteiger partial charge in [-0.15, -0.1) is 16.5 Å². The number of hydrogen-bond donors (Lipinski definition) is 2. The molecule has 266 valence electrons. The van der Waals surface area contributed by atoms with E-state index in [-0.39, 0.29) is 34.5 Å². The van der Waals surface area contributed by atoms with E-state index in [0.29, 0.717) is 6.42 Å². The molecule has 2 N–H and O–H groups in total. The lowest BCUT2D eigenvalue weighted by Gasteiger charge is -2.48. The lowest BCUT2D eigenvalue weighted by Crippen LogP contribution is -2.67. The van der Waals surface area contributed by atoms with Crippen LogP contribution in [0.15, 0.2) is 103 Å². The van der Waals surface area contributed by atoms with Crippen LogP contribution in [0.4, 0.5) is 0 Å². The van der Waals surface area contributed by atoms with Gasteiger partial charge in [0.1, 0.15) is 16.3 Å². The number of benzene rings is 3. The van der Waals surface area contributed by atoms with E-state index in [4.69, 9.17) is 18.9 Å². The predicted octanol–water partition coefficient (Wildman–Crippen LogP) is 5.50. The van der Waals surface area contributed by atoms with Crippen molar-refractivity contribution < 1.29 is 43.0 Å². The molecule has 0 unspecified atom stereocenters. The van der Waals surface area contributed by atoms with Gasteiger partial charge in [0.05, 0.1) is 29.3 Å². The Morgan fingerprint density at radius 1 is 0.820 bits per heavy atom. The summed E-state index contributed by atoms with van der Waals surface area (Å²) >= 11 is -0.375. The van der Waals surface area contributed by atoms with Crippen molar-refractivity contribution in [1.82, 2.24) is 4.72 Å². The van der Waals surface area contributed by atoms with Gasteiger partial charge >= 0.3 is 17.9 Å². The van der Waals surface area contributed by atoms with Gasteiger partial charge in [0, 0.05) is 16.6 Å². The standard InChI is InChI=1S/C38H43NO9S2/c1-24-15-14-22-28(23-40)49-37-33(47-36(43)27-20-12-7-13-21-27)32(46-35(42)26-18-10-6-11-19-26)31(45-34(41)25-16-8-5-9-17-25)30(48-37)29(24)39-50(44)38(2,3)4/h5-21,24,28-33,37,39-40H,22-23H2,1-4H3/t24-,28+,29-,30-,31+,32+,33-,37-,50-/m1/s1. The van der Waals surface area contributed by atoms with Gasteiger partial charge in [0.25, 0.3) is 0 Å². The molecule has 0 spiro atoms. The van der Waals surface area contributed by atoms with E-state index in [1.807, 2.05) is 39.8 Å². The molecular weight excluding hydrogens is 679 g/mol. The summed E-state index contributed by atoms with van der Waals surface area (Å²) in [7, 11) is 0. The van der Waals surface area contributed by atoms with Crippen molar-refractivity contribution >= 4 is 41.0 Å². The second-order valence-corrected chi connectivity index (χ2v) is 16.6. The molecule has 3 aromatic rings. The maximum Gasteiger partial charge on any atom is 0.338 e. The maximum atomic E-state index is 13.8. The molecule has 12 heteroatoms. The number of thioether (sulfide) groups is 1. The number of allylic oxidation sites excluding steroid dienone is 1. The van der Waals surface area contributed by atoms with E-state index < -0.39 is 69.9 Å². The predicted molar refractivity (Wildman–Crippen MR) is 192 cm³/mol. The lowest BCUT2D eigenvalue weighted by molar-refractivity contribution is -0.207. The third kappa shape index (κ3) is 9.36. The first-order valence-corrected chi connectivity index (χ1v) is 18.6. The molecule has 9 atom stereocenters. The zero-order valence-electron chi connectivity index (χ0n) is 28.4. The average Bonchev–Trinajstić information content (AvgIpc) is 3.12. The van der Waals surface area contributed by atoms with Crippen molar-refractivity contribution in [2.45, 2.75) is 80.0 Å². The van der Waals surface area contributed by atoms with Crippen LogP contribution in [0, 0.1) is 5.92 Å². The summed E-state index contributed by atoms with van der Waals surface area (Å²) in [6.45, 7) is 7.19. The van der Waals surface area contributed by atoms with Gasteiger partial charge in [-0.1, -0.05) is 73.7 Å².